The number of nitrogens with zero attached hydrogens (tertiary/aromatic N) is 5. The largest absolute Gasteiger partial charge is 0.308 e. The zero-order valence-corrected chi connectivity index (χ0v) is 46.0. The molecule has 5 nitrogen and oxygen atoms in total. The van der Waals surface area contributed by atoms with Gasteiger partial charge in [-0.2, -0.15) is 10.5 Å². The number of fused-ring (bicyclic) bond motifs is 9. The van der Waals surface area contributed by atoms with Crippen LogP contribution in [0.15, 0.2) is 297 Å². The number of nitriles is 2. The first kappa shape index (κ1) is 49.1. The van der Waals surface area contributed by atoms with E-state index in [1.807, 2.05) is 42.5 Å². The molecule has 0 radical (unpaired) electrons. The average Bonchev–Trinajstić information content (AvgIpc) is 1.75. The topological polar surface area (TPSA) is 62.4 Å². The maximum atomic E-state index is 12.5. The highest BCUT2D eigenvalue weighted by Gasteiger charge is 2.30. The van der Waals surface area contributed by atoms with Crippen LogP contribution in [0.5, 0.6) is 0 Å². The maximum Gasteiger partial charge on any atom is 0.104 e. The fraction of sp³-hybridized carbons (Fsp3) is 0. The van der Waals surface area contributed by atoms with Gasteiger partial charge in [-0.15, -0.1) is 0 Å². The lowest BCUT2D eigenvalue weighted by Gasteiger charge is -2.23. The molecular formula is C80H49N5. The van der Waals surface area contributed by atoms with Crippen LogP contribution < -0.4 is 0 Å². The lowest BCUT2D eigenvalue weighted by molar-refractivity contribution is 1.06. The SMILES string of the molecule is N#Cc1cc(-n2c3ccc(-c4ccccc4)cc3c3cc(-c4ccccc4)ccc32)c(C#N)c(-n2c3ccc(-c4ccccc4)cc3c3cc(-c4ccccc4)ccc32)c1-n1c2ccc(-c3ccccc3)cc2c2cc(-c3ccccc3)ccc21. The van der Waals surface area contributed by atoms with E-state index in [1.54, 1.807) is 0 Å². The molecule has 0 unspecified atom stereocenters. The van der Waals surface area contributed by atoms with Crippen molar-refractivity contribution in [2.45, 2.75) is 0 Å². The van der Waals surface area contributed by atoms with E-state index < -0.39 is 0 Å². The van der Waals surface area contributed by atoms with Gasteiger partial charge in [0.1, 0.15) is 17.7 Å². The highest BCUT2D eigenvalue weighted by Crippen LogP contribution is 2.47. The van der Waals surface area contributed by atoms with E-state index in [0.29, 0.717) is 28.2 Å². The van der Waals surface area contributed by atoms with Crippen LogP contribution in [0.25, 0.3) is 149 Å². The summed E-state index contributed by atoms with van der Waals surface area (Å²) in [5, 5.41) is 30.9. The molecule has 13 aromatic carbocycles. The van der Waals surface area contributed by atoms with Crippen LogP contribution in [-0.4, -0.2) is 13.7 Å². The van der Waals surface area contributed by atoms with E-state index in [1.165, 1.54) is 0 Å². The molecule has 3 heterocycles. The van der Waals surface area contributed by atoms with Crippen molar-refractivity contribution in [1.82, 2.24) is 13.7 Å². The van der Waals surface area contributed by atoms with Gasteiger partial charge in [0.05, 0.1) is 55.7 Å². The van der Waals surface area contributed by atoms with Crippen molar-refractivity contribution in [1.29, 1.82) is 10.5 Å². The Morgan fingerprint density at radius 1 is 0.212 bits per heavy atom. The van der Waals surface area contributed by atoms with Crippen molar-refractivity contribution in [2.75, 3.05) is 0 Å². The van der Waals surface area contributed by atoms with Crippen LogP contribution >= 0.6 is 0 Å². The Kier molecular flexibility index (Phi) is 11.6. The summed E-state index contributed by atoms with van der Waals surface area (Å²) in [4.78, 5) is 0. The molecule has 0 aliphatic heterocycles. The minimum atomic E-state index is 0.413. The number of aromatic nitrogens is 3. The first-order valence-corrected chi connectivity index (χ1v) is 28.7. The molecule has 0 atom stereocenters. The van der Waals surface area contributed by atoms with E-state index in [4.69, 9.17) is 0 Å². The van der Waals surface area contributed by atoms with Crippen LogP contribution in [0.4, 0.5) is 0 Å². The van der Waals surface area contributed by atoms with E-state index in [0.717, 1.165) is 132 Å². The van der Waals surface area contributed by atoms with Gasteiger partial charge in [-0.25, -0.2) is 0 Å². The van der Waals surface area contributed by atoms with E-state index in [2.05, 4.69) is 281 Å². The lowest BCUT2D eigenvalue weighted by Crippen LogP contribution is -2.12. The predicted octanol–water partition coefficient (Wildman–Crippen LogP) is 20.7. The van der Waals surface area contributed by atoms with Crippen LogP contribution in [0.2, 0.25) is 0 Å². The average molecular weight is 1080 g/mol. The van der Waals surface area contributed by atoms with Gasteiger partial charge in [0, 0.05) is 32.3 Å². The molecule has 0 fully saturated rings. The molecule has 16 rings (SSSR count). The fourth-order valence-electron chi connectivity index (χ4n) is 13.1. The summed E-state index contributed by atoms with van der Waals surface area (Å²) in [7, 11) is 0. The smallest absolute Gasteiger partial charge is 0.104 e. The van der Waals surface area contributed by atoms with Crippen molar-refractivity contribution in [3.63, 3.8) is 0 Å². The molecule has 0 saturated carbocycles. The minimum Gasteiger partial charge on any atom is -0.308 e. The van der Waals surface area contributed by atoms with Gasteiger partial charge in [-0.05, 0) is 146 Å². The lowest BCUT2D eigenvalue weighted by atomic mass is 10.0. The number of hydrogen-bond acceptors (Lipinski definition) is 2. The zero-order valence-electron chi connectivity index (χ0n) is 46.0. The van der Waals surface area contributed by atoms with Crippen LogP contribution in [0, 0.1) is 22.7 Å². The molecule has 394 valence electrons. The molecule has 0 spiro atoms. The fourth-order valence-corrected chi connectivity index (χ4v) is 13.1. The van der Waals surface area contributed by atoms with Crippen molar-refractivity contribution in [3.05, 3.63) is 308 Å². The van der Waals surface area contributed by atoms with Crippen LogP contribution in [0.1, 0.15) is 11.1 Å². The molecule has 85 heavy (non-hydrogen) atoms. The minimum absolute atomic E-state index is 0.413. The second-order valence-electron chi connectivity index (χ2n) is 21.8. The highest BCUT2D eigenvalue weighted by molar-refractivity contribution is 6.16. The number of hydrogen-bond donors (Lipinski definition) is 0. The normalized spacial score (nSPS) is 11.5. The zero-order chi connectivity index (χ0) is 56.5. The van der Waals surface area contributed by atoms with Crippen molar-refractivity contribution < 1.29 is 0 Å². The molecule has 0 bridgehead atoms. The van der Waals surface area contributed by atoms with Crippen LogP contribution in [-0.2, 0) is 0 Å². The summed E-state index contributed by atoms with van der Waals surface area (Å²) in [5.74, 6) is 0. The van der Waals surface area contributed by atoms with Crippen molar-refractivity contribution in [2.24, 2.45) is 0 Å². The van der Waals surface area contributed by atoms with Gasteiger partial charge in [0.2, 0.25) is 0 Å². The predicted molar refractivity (Wildman–Crippen MR) is 352 cm³/mol. The Labute approximate surface area is 491 Å². The van der Waals surface area contributed by atoms with Gasteiger partial charge >= 0.3 is 0 Å². The molecule has 0 N–H and O–H groups in total. The monoisotopic (exact) mass is 1080 g/mol. The second-order valence-corrected chi connectivity index (χ2v) is 21.8. The van der Waals surface area contributed by atoms with Crippen LogP contribution in [0.3, 0.4) is 0 Å². The maximum absolute atomic E-state index is 12.5. The summed E-state index contributed by atoms with van der Waals surface area (Å²) < 4.78 is 6.75. The Hall–Kier alpha value is -11.8. The molecule has 16 aromatic rings. The van der Waals surface area contributed by atoms with Gasteiger partial charge in [-0.3, -0.25) is 0 Å². The Balaban J connectivity index is 1.07. The van der Waals surface area contributed by atoms with Gasteiger partial charge < -0.3 is 13.7 Å². The quantitative estimate of drug-likeness (QED) is 0.145. The van der Waals surface area contributed by atoms with Gasteiger partial charge in [0.25, 0.3) is 0 Å². The Morgan fingerprint density at radius 3 is 0.682 bits per heavy atom. The molecule has 3 aromatic heterocycles. The molecule has 0 aliphatic rings. The summed E-state index contributed by atoms with van der Waals surface area (Å²) in [6.07, 6.45) is 0. The Bertz CT molecular complexity index is 5100. The van der Waals surface area contributed by atoms with Crippen molar-refractivity contribution in [3.8, 4) is 96.0 Å². The van der Waals surface area contributed by atoms with E-state index in [-0.39, 0.29) is 0 Å². The number of benzene rings is 13. The molecular weight excluding hydrogens is 1030 g/mol. The third kappa shape index (κ3) is 8.06. The summed E-state index contributed by atoms with van der Waals surface area (Å²) in [6.45, 7) is 0. The Morgan fingerprint density at radius 2 is 0.447 bits per heavy atom. The first-order valence-electron chi connectivity index (χ1n) is 28.7. The first-order chi connectivity index (χ1) is 42.1. The van der Waals surface area contributed by atoms with Crippen molar-refractivity contribution >= 4 is 65.4 Å². The third-order valence-electron chi connectivity index (χ3n) is 17.1. The summed E-state index contributed by atoms with van der Waals surface area (Å²) in [6, 6.07) is 111. The van der Waals surface area contributed by atoms with E-state index in [9.17, 15) is 10.5 Å². The number of rotatable bonds is 9. The highest BCUT2D eigenvalue weighted by atomic mass is 15.1. The standard InChI is InChI=1S/C80H49N5/c81-50-64-49-78(83-72-37-31-58(52-19-7-1-8-20-52)43-65(72)66-44-59(32-38-73(66)83)53-21-9-2-10-22-53)71(51-82)80(85-76-41-35-62(56-27-15-5-16-28-56)47-69(76)70-48-63(36-42-77(70)85)57-29-17-6-18-30-57)79(64)84-74-39-33-60(54-23-11-3-12-24-54)45-67(74)68-46-61(34-40-75(68)84)55-25-13-4-14-26-55/h1-49H. The third-order valence-corrected chi connectivity index (χ3v) is 17.1. The molecule has 0 saturated heterocycles. The summed E-state index contributed by atoms with van der Waals surface area (Å²) >= 11 is 0. The molecule has 0 amide bonds. The molecule has 0 aliphatic carbocycles. The van der Waals surface area contributed by atoms with E-state index >= 15 is 0 Å². The summed E-state index contributed by atoms with van der Waals surface area (Å²) in [5.41, 5.74) is 21.2. The second kappa shape index (κ2) is 20.0. The van der Waals surface area contributed by atoms with Gasteiger partial charge in [-0.1, -0.05) is 218 Å². The van der Waals surface area contributed by atoms with Gasteiger partial charge in [0.15, 0.2) is 0 Å². The molecule has 5 heteroatoms.